The smallest absolute Gasteiger partial charge is 0.255 e. The number of aryl methyl sites for hydroxylation is 1. The Labute approximate surface area is 142 Å². The van der Waals surface area contributed by atoms with Gasteiger partial charge in [0.15, 0.2) is 0 Å². The maximum Gasteiger partial charge on any atom is 0.255 e. The highest BCUT2D eigenvalue weighted by Crippen LogP contribution is 2.14. The van der Waals surface area contributed by atoms with Crippen molar-refractivity contribution in [2.75, 3.05) is 11.9 Å². The molecular weight excluding hydrogens is 324 g/mol. The molecule has 2 N–H and O–H groups in total. The van der Waals surface area contributed by atoms with Crippen LogP contribution in [0.2, 0.25) is 0 Å². The number of amides is 1. The summed E-state index contributed by atoms with van der Waals surface area (Å²) in [6.45, 7) is 1.95. The molecule has 2 aromatic rings. The SMILES string of the molecule is C#CCNS(=O)(=O)c1ccc(C(=O)Nc2cccc(CC)c2)cc1. The van der Waals surface area contributed by atoms with E-state index >= 15 is 0 Å². The fraction of sp³-hybridized carbons (Fsp3) is 0.167. The van der Waals surface area contributed by atoms with E-state index in [0.29, 0.717) is 11.3 Å². The zero-order chi connectivity index (χ0) is 17.6. The second kappa shape index (κ2) is 7.77. The lowest BCUT2D eigenvalue weighted by Gasteiger charge is -2.08. The molecule has 0 aliphatic carbocycles. The Bertz CT molecular complexity index is 866. The first-order valence-electron chi connectivity index (χ1n) is 7.39. The van der Waals surface area contributed by atoms with Gasteiger partial charge in [0, 0.05) is 11.3 Å². The van der Waals surface area contributed by atoms with Crippen LogP contribution in [0, 0.1) is 12.3 Å². The van der Waals surface area contributed by atoms with E-state index in [-0.39, 0.29) is 17.3 Å². The monoisotopic (exact) mass is 342 g/mol. The number of nitrogens with one attached hydrogen (secondary N) is 2. The fourth-order valence-electron chi connectivity index (χ4n) is 2.08. The van der Waals surface area contributed by atoms with Crippen LogP contribution >= 0.6 is 0 Å². The molecule has 2 rings (SSSR count). The summed E-state index contributed by atoms with van der Waals surface area (Å²) in [5, 5.41) is 2.79. The number of sulfonamides is 1. The molecule has 5 nitrogen and oxygen atoms in total. The van der Waals surface area contributed by atoms with Crippen molar-refractivity contribution in [2.24, 2.45) is 0 Å². The van der Waals surface area contributed by atoms with E-state index in [1.54, 1.807) is 6.07 Å². The number of benzene rings is 2. The van der Waals surface area contributed by atoms with Crippen molar-refractivity contribution in [3.8, 4) is 12.3 Å². The zero-order valence-corrected chi connectivity index (χ0v) is 14.1. The first-order chi connectivity index (χ1) is 11.5. The third-order valence-electron chi connectivity index (χ3n) is 3.38. The Hall–Kier alpha value is -2.62. The van der Waals surface area contributed by atoms with Gasteiger partial charge in [-0.05, 0) is 48.4 Å². The van der Waals surface area contributed by atoms with Gasteiger partial charge in [0.2, 0.25) is 10.0 Å². The summed E-state index contributed by atoms with van der Waals surface area (Å²) in [5.74, 6) is 1.90. The van der Waals surface area contributed by atoms with Gasteiger partial charge in [-0.15, -0.1) is 6.42 Å². The average molecular weight is 342 g/mol. The summed E-state index contributed by atoms with van der Waals surface area (Å²) in [6, 6.07) is 13.2. The molecule has 0 saturated carbocycles. The molecule has 0 heterocycles. The fourth-order valence-corrected chi connectivity index (χ4v) is 3.01. The highest BCUT2D eigenvalue weighted by Gasteiger charge is 2.14. The molecule has 0 atom stereocenters. The highest BCUT2D eigenvalue weighted by molar-refractivity contribution is 7.89. The maximum absolute atomic E-state index is 12.2. The van der Waals surface area contributed by atoms with Crippen LogP contribution in [0.3, 0.4) is 0 Å². The molecule has 0 saturated heterocycles. The number of hydrogen-bond acceptors (Lipinski definition) is 3. The van der Waals surface area contributed by atoms with Gasteiger partial charge < -0.3 is 5.32 Å². The Balaban J connectivity index is 2.12. The van der Waals surface area contributed by atoms with Crippen molar-refractivity contribution >= 4 is 21.6 Å². The Morgan fingerprint density at radius 3 is 2.50 bits per heavy atom. The third kappa shape index (κ3) is 4.44. The van der Waals surface area contributed by atoms with Gasteiger partial charge in [0.25, 0.3) is 5.91 Å². The molecule has 0 spiro atoms. The van der Waals surface area contributed by atoms with Crippen molar-refractivity contribution in [2.45, 2.75) is 18.2 Å². The van der Waals surface area contributed by atoms with Crippen molar-refractivity contribution < 1.29 is 13.2 Å². The Kier molecular flexibility index (Phi) is 5.74. The molecular formula is C18H18N2O3S. The molecule has 0 aromatic heterocycles. The first-order valence-corrected chi connectivity index (χ1v) is 8.88. The predicted molar refractivity (Wildman–Crippen MR) is 94.2 cm³/mol. The lowest BCUT2D eigenvalue weighted by atomic mass is 10.1. The summed E-state index contributed by atoms with van der Waals surface area (Å²) in [7, 11) is -3.66. The van der Waals surface area contributed by atoms with Gasteiger partial charge in [-0.25, -0.2) is 8.42 Å². The molecule has 0 aliphatic heterocycles. The highest BCUT2D eigenvalue weighted by atomic mass is 32.2. The number of carbonyl (C=O) groups excluding carboxylic acids is 1. The second-order valence-electron chi connectivity index (χ2n) is 5.06. The summed E-state index contributed by atoms with van der Waals surface area (Å²) in [6.07, 6.45) is 5.92. The van der Waals surface area contributed by atoms with Gasteiger partial charge in [-0.1, -0.05) is 25.0 Å². The van der Waals surface area contributed by atoms with Crippen molar-refractivity contribution in [3.63, 3.8) is 0 Å². The van der Waals surface area contributed by atoms with Crippen molar-refractivity contribution in [1.29, 1.82) is 0 Å². The van der Waals surface area contributed by atoms with Crippen LogP contribution in [0.5, 0.6) is 0 Å². The van der Waals surface area contributed by atoms with Gasteiger partial charge in [0.05, 0.1) is 11.4 Å². The van der Waals surface area contributed by atoms with E-state index in [2.05, 4.69) is 16.0 Å². The lowest BCUT2D eigenvalue weighted by Crippen LogP contribution is -2.24. The van der Waals surface area contributed by atoms with E-state index in [4.69, 9.17) is 6.42 Å². The number of rotatable bonds is 6. The van der Waals surface area contributed by atoms with E-state index in [1.165, 1.54) is 24.3 Å². The van der Waals surface area contributed by atoms with Crippen LogP contribution < -0.4 is 10.0 Å². The summed E-state index contributed by atoms with van der Waals surface area (Å²) < 4.78 is 26.1. The zero-order valence-electron chi connectivity index (χ0n) is 13.2. The Morgan fingerprint density at radius 2 is 1.88 bits per heavy atom. The number of hydrogen-bond donors (Lipinski definition) is 2. The Morgan fingerprint density at radius 1 is 1.17 bits per heavy atom. The average Bonchev–Trinajstić information content (AvgIpc) is 2.60. The van der Waals surface area contributed by atoms with Crippen LogP contribution in [-0.4, -0.2) is 20.9 Å². The normalized spacial score (nSPS) is 10.8. The molecule has 0 aliphatic rings. The quantitative estimate of drug-likeness (QED) is 0.792. The van der Waals surface area contributed by atoms with Gasteiger partial charge in [-0.3, -0.25) is 4.79 Å². The molecule has 2 aromatic carbocycles. The van der Waals surface area contributed by atoms with Crippen LogP contribution in [0.1, 0.15) is 22.8 Å². The molecule has 6 heteroatoms. The van der Waals surface area contributed by atoms with E-state index < -0.39 is 10.0 Å². The standard InChI is InChI=1S/C18H18N2O3S/c1-3-12-19-24(22,23)17-10-8-15(9-11-17)18(21)20-16-7-5-6-14(4-2)13-16/h1,5-11,13,19H,4,12H2,2H3,(H,20,21). The molecule has 124 valence electrons. The molecule has 0 radical (unpaired) electrons. The van der Waals surface area contributed by atoms with Crippen molar-refractivity contribution in [1.82, 2.24) is 4.72 Å². The summed E-state index contributed by atoms with van der Waals surface area (Å²) in [4.78, 5) is 12.3. The van der Waals surface area contributed by atoms with Gasteiger partial charge >= 0.3 is 0 Å². The number of terminal acetylenes is 1. The summed E-state index contributed by atoms with van der Waals surface area (Å²) >= 11 is 0. The van der Waals surface area contributed by atoms with Gasteiger partial charge in [-0.2, -0.15) is 4.72 Å². The number of anilines is 1. The minimum Gasteiger partial charge on any atom is -0.322 e. The van der Waals surface area contributed by atoms with Crippen LogP contribution in [0.4, 0.5) is 5.69 Å². The maximum atomic E-state index is 12.2. The van der Waals surface area contributed by atoms with E-state index in [9.17, 15) is 13.2 Å². The van der Waals surface area contributed by atoms with Crippen LogP contribution in [-0.2, 0) is 16.4 Å². The lowest BCUT2D eigenvalue weighted by molar-refractivity contribution is 0.102. The molecule has 0 bridgehead atoms. The van der Waals surface area contributed by atoms with E-state index in [0.717, 1.165) is 12.0 Å². The second-order valence-corrected chi connectivity index (χ2v) is 6.83. The molecule has 0 fully saturated rings. The third-order valence-corrected chi connectivity index (χ3v) is 4.80. The predicted octanol–water partition coefficient (Wildman–Crippen LogP) is 2.41. The minimum absolute atomic E-state index is 0.0577. The van der Waals surface area contributed by atoms with Crippen LogP contribution in [0.25, 0.3) is 0 Å². The summed E-state index contributed by atoms with van der Waals surface area (Å²) in [5.41, 5.74) is 2.19. The largest absolute Gasteiger partial charge is 0.322 e. The topological polar surface area (TPSA) is 75.3 Å². The molecule has 0 unspecified atom stereocenters. The van der Waals surface area contributed by atoms with Gasteiger partial charge in [0.1, 0.15) is 0 Å². The van der Waals surface area contributed by atoms with Crippen LogP contribution in [0.15, 0.2) is 53.4 Å². The minimum atomic E-state index is -3.66. The van der Waals surface area contributed by atoms with Crippen molar-refractivity contribution in [3.05, 3.63) is 59.7 Å². The number of carbonyl (C=O) groups is 1. The molecule has 1 amide bonds. The van der Waals surface area contributed by atoms with E-state index in [1.807, 2.05) is 25.1 Å². The molecule has 24 heavy (non-hydrogen) atoms. The first kappa shape index (κ1) is 17.7.